The van der Waals surface area contributed by atoms with E-state index in [0.717, 1.165) is 16.2 Å². The van der Waals surface area contributed by atoms with Crippen LogP contribution in [0.1, 0.15) is 18.5 Å². The first kappa shape index (κ1) is 12.9. The molecule has 2 aromatic rings. The zero-order valence-electron chi connectivity index (χ0n) is 9.82. The van der Waals surface area contributed by atoms with Crippen LogP contribution in [0.3, 0.4) is 0 Å². The van der Waals surface area contributed by atoms with E-state index in [0.29, 0.717) is 5.56 Å². The predicted octanol–water partition coefficient (Wildman–Crippen LogP) is 4.47. The Morgan fingerprint density at radius 3 is 2.67 bits per heavy atom. The largest absolute Gasteiger partial charge is 0.507 e. The summed E-state index contributed by atoms with van der Waals surface area (Å²) in [6, 6.07) is 11.7. The van der Waals surface area contributed by atoms with Crippen LogP contribution in [-0.4, -0.2) is 5.11 Å². The molecule has 0 bridgehead atoms. The third kappa shape index (κ3) is 3.01. The van der Waals surface area contributed by atoms with Crippen LogP contribution in [0, 0.1) is 5.82 Å². The highest BCUT2D eigenvalue weighted by atomic mass is 79.9. The van der Waals surface area contributed by atoms with E-state index >= 15 is 0 Å². The third-order valence-electron chi connectivity index (χ3n) is 2.67. The molecular formula is C14H13BrFNO. The summed E-state index contributed by atoms with van der Waals surface area (Å²) >= 11 is 3.39. The third-order valence-corrected chi connectivity index (χ3v) is 3.16. The zero-order chi connectivity index (χ0) is 13.1. The van der Waals surface area contributed by atoms with Crippen molar-refractivity contribution in [1.29, 1.82) is 0 Å². The lowest BCUT2D eigenvalue weighted by Crippen LogP contribution is -2.06. The van der Waals surface area contributed by atoms with Crippen LogP contribution in [0.25, 0.3) is 0 Å². The zero-order valence-corrected chi connectivity index (χ0v) is 11.4. The molecule has 0 aliphatic rings. The molecule has 0 amide bonds. The molecule has 0 radical (unpaired) electrons. The number of hydrogen-bond donors (Lipinski definition) is 2. The highest BCUT2D eigenvalue weighted by Crippen LogP contribution is 2.28. The minimum absolute atomic E-state index is 0.0370. The summed E-state index contributed by atoms with van der Waals surface area (Å²) in [6.45, 7) is 1.91. The van der Waals surface area contributed by atoms with Crippen molar-refractivity contribution in [2.24, 2.45) is 0 Å². The molecule has 18 heavy (non-hydrogen) atoms. The highest BCUT2D eigenvalue weighted by molar-refractivity contribution is 9.10. The van der Waals surface area contributed by atoms with Gasteiger partial charge in [0.2, 0.25) is 0 Å². The second-order valence-electron chi connectivity index (χ2n) is 4.08. The molecule has 94 valence electrons. The van der Waals surface area contributed by atoms with E-state index in [9.17, 15) is 9.50 Å². The second kappa shape index (κ2) is 5.40. The van der Waals surface area contributed by atoms with Crippen LogP contribution in [0.4, 0.5) is 10.1 Å². The molecule has 0 aromatic heterocycles. The Morgan fingerprint density at radius 2 is 2.00 bits per heavy atom. The first-order valence-corrected chi connectivity index (χ1v) is 6.36. The number of halogens is 2. The predicted molar refractivity (Wildman–Crippen MR) is 74.2 cm³/mol. The van der Waals surface area contributed by atoms with E-state index in [1.165, 1.54) is 6.07 Å². The van der Waals surface area contributed by atoms with Gasteiger partial charge in [-0.15, -0.1) is 0 Å². The van der Waals surface area contributed by atoms with Gasteiger partial charge in [0.15, 0.2) is 0 Å². The number of rotatable bonds is 3. The normalized spacial score (nSPS) is 12.2. The number of aromatic hydroxyl groups is 1. The van der Waals surface area contributed by atoms with E-state index in [2.05, 4.69) is 21.2 Å². The van der Waals surface area contributed by atoms with Crippen LogP contribution >= 0.6 is 15.9 Å². The lowest BCUT2D eigenvalue weighted by atomic mass is 10.1. The summed E-state index contributed by atoms with van der Waals surface area (Å²) in [7, 11) is 0. The van der Waals surface area contributed by atoms with Crippen LogP contribution in [0.2, 0.25) is 0 Å². The Labute approximate surface area is 114 Å². The van der Waals surface area contributed by atoms with Gasteiger partial charge in [0.1, 0.15) is 11.6 Å². The van der Waals surface area contributed by atoms with Crippen molar-refractivity contribution in [3.63, 3.8) is 0 Å². The number of phenols is 1. The number of hydrogen-bond acceptors (Lipinski definition) is 2. The molecule has 2 nitrogen and oxygen atoms in total. The maximum atomic E-state index is 12.9. The standard InChI is InChI=1S/C14H13BrFNO/c1-9(13-6-5-11(16)8-14(13)18)17-12-4-2-3-10(15)7-12/h2-9,17-18H,1H3. The molecule has 2 rings (SSSR count). The van der Waals surface area contributed by atoms with Gasteiger partial charge in [0.25, 0.3) is 0 Å². The average molecular weight is 310 g/mol. The molecule has 0 fully saturated rings. The van der Waals surface area contributed by atoms with Crippen molar-refractivity contribution in [1.82, 2.24) is 0 Å². The summed E-state index contributed by atoms with van der Waals surface area (Å²) in [6.07, 6.45) is 0. The van der Waals surface area contributed by atoms with Crippen LogP contribution in [-0.2, 0) is 0 Å². The van der Waals surface area contributed by atoms with E-state index in [1.807, 2.05) is 31.2 Å². The van der Waals surface area contributed by atoms with Gasteiger partial charge >= 0.3 is 0 Å². The smallest absolute Gasteiger partial charge is 0.126 e. The summed E-state index contributed by atoms with van der Waals surface area (Å²) in [5.74, 6) is -0.476. The molecule has 0 aliphatic heterocycles. The maximum absolute atomic E-state index is 12.9. The molecule has 1 atom stereocenters. The maximum Gasteiger partial charge on any atom is 0.126 e. The number of phenolic OH excluding ortho intramolecular Hbond substituents is 1. The Morgan fingerprint density at radius 1 is 1.22 bits per heavy atom. The van der Waals surface area contributed by atoms with Crippen molar-refractivity contribution in [3.8, 4) is 5.75 Å². The number of benzene rings is 2. The highest BCUT2D eigenvalue weighted by Gasteiger charge is 2.11. The molecule has 2 aromatic carbocycles. The van der Waals surface area contributed by atoms with Crippen molar-refractivity contribution in [3.05, 3.63) is 58.3 Å². The summed E-state index contributed by atoms with van der Waals surface area (Å²) in [5.41, 5.74) is 1.59. The molecule has 1 unspecified atom stereocenters. The van der Waals surface area contributed by atoms with Gasteiger partial charge in [-0.3, -0.25) is 0 Å². The fraction of sp³-hybridized carbons (Fsp3) is 0.143. The van der Waals surface area contributed by atoms with Crippen LogP contribution in [0.15, 0.2) is 46.9 Å². The molecular weight excluding hydrogens is 297 g/mol. The van der Waals surface area contributed by atoms with Gasteiger partial charge < -0.3 is 10.4 Å². The monoisotopic (exact) mass is 309 g/mol. The first-order valence-electron chi connectivity index (χ1n) is 5.57. The topological polar surface area (TPSA) is 32.3 Å². The summed E-state index contributed by atoms with van der Waals surface area (Å²) < 4.78 is 13.9. The minimum atomic E-state index is -0.439. The Bertz CT molecular complexity index is 559. The number of anilines is 1. The van der Waals surface area contributed by atoms with Crippen LogP contribution in [0.5, 0.6) is 5.75 Å². The lowest BCUT2D eigenvalue weighted by Gasteiger charge is -2.17. The fourth-order valence-corrected chi connectivity index (χ4v) is 2.19. The molecule has 0 heterocycles. The summed E-state index contributed by atoms with van der Waals surface area (Å²) in [4.78, 5) is 0. The summed E-state index contributed by atoms with van der Waals surface area (Å²) in [5, 5.41) is 13.0. The van der Waals surface area contributed by atoms with Gasteiger partial charge in [-0.25, -0.2) is 4.39 Å². The first-order chi connectivity index (χ1) is 8.56. The molecule has 0 spiro atoms. The van der Waals surface area contributed by atoms with Gasteiger partial charge in [-0.05, 0) is 31.2 Å². The molecule has 0 saturated heterocycles. The van der Waals surface area contributed by atoms with Gasteiger partial charge in [-0.2, -0.15) is 0 Å². The molecule has 0 saturated carbocycles. The Balaban J connectivity index is 2.19. The second-order valence-corrected chi connectivity index (χ2v) is 5.00. The van der Waals surface area contributed by atoms with Crippen molar-refractivity contribution < 1.29 is 9.50 Å². The minimum Gasteiger partial charge on any atom is -0.507 e. The SMILES string of the molecule is CC(Nc1cccc(Br)c1)c1ccc(F)cc1O. The Kier molecular flexibility index (Phi) is 3.87. The van der Waals surface area contributed by atoms with E-state index in [-0.39, 0.29) is 11.8 Å². The molecule has 2 N–H and O–H groups in total. The van der Waals surface area contributed by atoms with Gasteiger partial charge in [0, 0.05) is 21.8 Å². The van der Waals surface area contributed by atoms with E-state index < -0.39 is 5.82 Å². The fourth-order valence-electron chi connectivity index (χ4n) is 1.79. The number of nitrogens with one attached hydrogen (secondary N) is 1. The van der Waals surface area contributed by atoms with Crippen molar-refractivity contribution in [2.75, 3.05) is 5.32 Å². The van der Waals surface area contributed by atoms with Crippen molar-refractivity contribution >= 4 is 21.6 Å². The Hall–Kier alpha value is -1.55. The molecule has 4 heteroatoms. The van der Waals surface area contributed by atoms with E-state index in [1.54, 1.807) is 6.07 Å². The lowest BCUT2D eigenvalue weighted by molar-refractivity contribution is 0.459. The average Bonchev–Trinajstić information content (AvgIpc) is 2.28. The molecule has 0 aliphatic carbocycles. The van der Waals surface area contributed by atoms with Crippen molar-refractivity contribution in [2.45, 2.75) is 13.0 Å². The van der Waals surface area contributed by atoms with E-state index in [4.69, 9.17) is 0 Å². The quantitative estimate of drug-likeness (QED) is 0.877. The van der Waals surface area contributed by atoms with Gasteiger partial charge in [0.05, 0.1) is 6.04 Å². The van der Waals surface area contributed by atoms with Gasteiger partial charge in [-0.1, -0.05) is 28.1 Å². The van der Waals surface area contributed by atoms with Crippen LogP contribution < -0.4 is 5.32 Å².